The second kappa shape index (κ2) is 7.20. The van der Waals surface area contributed by atoms with Gasteiger partial charge in [-0.1, -0.05) is 53.5 Å². The fourth-order valence-electron chi connectivity index (χ4n) is 2.53. The third-order valence-corrected chi connectivity index (χ3v) is 4.33. The van der Waals surface area contributed by atoms with Crippen molar-refractivity contribution in [3.63, 3.8) is 0 Å². The normalized spacial score (nSPS) is 13.2. The van der Waals surface area contributed by atoms with E-state index in [1.165, 1.54) is 13.0 Å². The van der Waals surface area contributed by atoms with Crippen LogP contribution >= 0.6 is 23.2 Å². The van der Waals surface area contributed by atoms with E-state index in [4.69, 9.17) is 28.3 Å². The molecule has 0 fully saturated rings. The summed E-state index contributed by atoms with van der Waals surface area (Å²) in [5, 5.41) is 11.0. The van der Waals surface area contributed by atoms with Crippen LogP contribution in [0.2, 0.25) is 10.0 Å². The van der Waals surface area contributed by atoms with Gasteiger partial charge in [-0.05, 0) is 18.6 Å². The van der Waals surface area contributed by atoms with Gasteiger partial charge in [-0.3, -0.25) is 0 Å². The molecule has 0 aromatic heterocycles. The maximum absolute atomic E-state index is 14.7. The molecule has 0 heterocycles. The summed E-state index contributed by atoms with van der Waals surface area (Å²) in [4.78, 5) is 22.1. The molecule has 0 saturated carbocycles. The Morgan fingerprint density at radius 1 is 1.33 bits per heavy atom. The van der Waals surface area contributed by atoms with Crippen molar-refractivity contribution in [2.24, 2.45) is 0 Å². The molecule has 2 aromatic rings. The molecule has 0 aliphatic carbocycles. The van der Waals surface area contributed by atoms with Crippen molar-refractivity contribution < 1.29 is 19.1 Å². The largest absolute Gasteiger partial charge is 0.465 e. The van der Waals surface area contributed by atoms with E-state index in [-0.39, 0.29) is 22.0 Å². The van der Waals surface area contributed by atoms with E-state index in [9.17, 15) is 14.0 Å². The van der Waals surface area contributed by atoms with Gasteiger partial charge in [0.05, 0.1) is 15.6 Å². The fraction of sp³-hybridized carbons (Fsp3) is 0.176. The highest BCUT2D eigenvalue weighted by Crippen LogP contribution is 2.41. The summed E-state index contributed by atoms with van der Waals surface area (Å²) in [7, 11) is 0. The molecule has 2 rings (SSSR count). The molecule has 1 unspecified atom stereocenters. The van der Waals surface area contributed by atoms with Gasteiger partial charge < -0.3 is 15.2 Å². The Labute approximate surface area is 148 Å². The van der Waals surface area contributed by atoms with Crippen LogP contribution in [0.25, 0.3) is 11.1 Å². The second-order valence-corrected chi connectivity index (χ2v) is 6.19. The van der Waals surface area contributed by atoms with E-state index in [2.05, 4.69) is 5.32 Å². The van der Waals surface area contributed by atoms with Crippen LogP contribution in [0.15, 0.2) is 36.4 Å². The number of carbonyl (C=O) groups is 2. The maximum atomic E-state index is 14.7. The minimum atomic E-state index is -1.55. The highest BCUT2D eigenvalue weighted by atomic mass is 35.5. The Morgan fingerprint density at radius 3 is 2.50 bits per heavy atom. The summed E-state index contributed by atoms with van der Waals surface area (Å²) >= 11 is 12.4. The Morgan fingerprint density at radius 2 is 1.96 bits per heavy atom. The van der Waals surface area contributed by atoms with E-state index < -0.39 is 17.4 Å². The van der Waals surface area contributed by atoms with Crippen LogP contribution in [0.3, 0.4) is 0 Å². The monoisotopic (exact) mass is 369 g/mol. The molecule has 126 valence electrons. The smallest absolute Gasteiger partial charge is 0.405 e. The van der Waals surface area contributed by atoms with Gasteiger partial charge >= 0.3 is 6.09 Å². The number of hydrogen-bond acceptors (Lipinski definition) is 2. The number of aldehydes is 1. The zero-order chi connectivity index (χ0) is 17.9. The van der Waals surface area contributed by atoms with E-state index in [1.807, 2.05) is 6.07 Å². The number of nitrogens with one attached hydrogen (secondary N) is 1. The fourth-order valence-corrected chi connectivity index (χ4v) is 3.19. The zero-order valence-electron chi connectivity index (χ0n) is 12.6. The first-order valence-electron chi connectivity index (χ1n) is 6.98. The van der Waals surface area contributed by atoms with Crippen molar-refractivity contribution in [3.05, 3.63) is 57.8 Å². The third-order valence-electron chi connectivity index (χ3n) is 3.67. The Kier molecular flexibility index (Phi) is 5.47. The summed E-state index contributed by atoms with van der Waals surface area (Å²) in [5.41, 5.74) is -0.578. The van der Waals surface area contributed by atoms with Crippen LogP contribution in [-0.4, -0.2) is 17.5 Å². The molecule has 4 nitrogen and oxygen atoms in total. The molecule has 7 heteroatoms. The number of carbonyl (C=O) groups excluding carboxylic acids is 1. The zero-order valence-corrected chi connectivity index (χ0v) is 14.2. The van der Waals surface area contributed by atoms with Gasteiger partial charge in [0, 0.05) is 17.5 Å². The predicted octanol–water partition coefficient (Wildman–Crippen LogP) is 4.87. The highest BCUT2D eigenvalue weighted by molar-refractivity contribution is 6.36. The van der Waals surface area contributed by atoms with Crippen molar-refractivity contribution >= 4 is 35.6 Å². The molecule has 0 radical (unpaired) electrons. The summed E-state index contributed by atoms with van der Waals surface area (Å²) in [6, 6.07) is 10.3. The van der Waals surface area contributed by atoms with Crippen LogP contribution in [0.5, 0.6) is 0 Å². The van der Waals surface area contributed by atoms with E-state index in [1.54, 1.807) is 24.3 Å². The average molecular weight is 370 g/mol. The molecule has 1 atom stereocenters. The van der Waals surface area contributed by atoms with Gasteiger partial charge in [0.25, 0.3) is 0 Å². The first-order valence-corrected chi connectivity index (χ1v) is 7.74. The van der Waals surface area contributed by atoms with E-state index in [0.717, 1.165) is 0 Å². The van der Waals surface area contributed by atoms with Gasteiger partial charge in [0.2, 0.25) is 0 Å². The number of benzene rings is 2. The number of hydrogen-bond donors (Lipinski definition) is 2. The van der Waals surface area contributed by atoms with Gasteiger partial charge in [-0.15, -0.1) is 0 Å². The Hall–Kier alpha value is -2.11. The predicted molar refractivity (Wildman–Crippen MR) is 91.0 cm³/mol. The third kappa shape index (κ3) is 3.52. The van der Waals surface area contributed by atoms with Crippen molar-refractivity contribution in [1.82, 2.24) is 5.32 Å². The Bertz CT molecular complexity index is 783. The first kappa shape index (κ1) is 18.2. The molecular weight excluding hydrogens is 356 g/mol. The summed E-state index contributed by atoms with van der Waals surface area (Å²) in [5.74, 6) is -0.862. The molecule has 0 bridgehead atoms. The SMILES string of the molecule is CC(CC=O)(NC(=O)O)c1c(F)c(Cl)cc(-c2ccccc2)c1Cl. The van der Waals surface area contributed by atoms with E-state index >= 15 is 0 Å². The van der Waals surface area contributed by atoms with Crippen LogP contribution in [0.1, 0.15) is 18.9 Å². The van der Waals surface area contributed by atoms with Crippen molar-refractivity contribution in [2.45, 2.75) is 18.9 Å². The van der Waals surface area contributed by atoms with Crippen LogP contribution < -0.4 is 5.32 Å². The lowest BCUT2D eigenvalue weighted by atomic mass is 9.86. The minimum absolute atomic E-state index is 0.00111. The average Bonchev–Trinajstić information content (AvgIpc) is 2.51. The topological polar surface area (TPSA) is 66.4 Å². The molecule has 0 aliphatic heterocycles. The lowest BCUT2D eigenvalue weighted by Gasteiger charge is -2.30. The van der Waals surface area contributed by atoms with E-state index in [0.29, 0.717) is 17.4 Å². The molecule has 0 aliphatic rings. The molecular formula is C17H14Cl2FNO3. The molecule has 2 aromatic carbocycles. The summed E-state index contributed by atoms with van der Waals surface area (Å²) in [6.07, 6.45) is -1.21. The van der Waals surface area contributed by atoms with Gasteiger partial charge in [-0.25, -0.2) is 9.18 Å². The van der Waals surface area contributed by atoms with Gasteiger partial charge in [0.15, 0.2) is 0 Å². The lowest BCUT2D eigenvalue weighted by molar-refractivity contribution is -0.109. The first-order chi connectivity index (χ1) is 11.3. The second-order valence-electron chi connectivity index (χ2n) is 5.41. The standard InChI is InChI=1S/C17H14Cl2FNO3/c1-17(7-8-22,21-16(23)24)13-14(19)11(9-12(18)15(13)20)10-5-3-2-4-6-10/h2-6,8-9,21H,7H2,1H3,(H,23,24). The molecule has 2 N–H and O–H groups in total. The molecule has 0 saturated heterocycles. The maximum Gasteiger partial charge on any atom is 0.405 e. The van der Waals surface area contributed by atoms with Crippen LogP contribution in [-0.2, 0) is 10.3 Å². The summed E-state index contributed by atoms with van der Waals surface area (Å²) < 4.78 is 14.7. The van der Waals surface area contributed by atoms with Crippen molar-refractivity contribution in [1.29, 1.82) is 0 Å². The quantitative estimate of drug-likeness (QED) is 0.583. The van der Waals surface area contributed by atoms with Crippen LogP contribution in [0.4, 0.5) is 9.18 Å². The minimum Gasteiger partial charge on any atom is -0.465 e. The number of rotatable bonds is 5. The number of carboxylic acid groups (broad SMARTS) is 1. The molecule has 24 heavy (non-hydrogen) atoms. The Balaban J connectivity index is 2.75. The number of amides is 1. The summed E-state index contributed by atoms with van der Waals surface area (Å²) in [6.45, 7) is 1.38. The molecule has 1 amide bonds. The van der Waals surface area contributed by atoms with Crippen molar-refractivity contribution in [2.75, 3.05) is 0 Å². The highest BCUT2D eigenvalue weighted by Gasteiger charge is 2.35. The van der Waals surface area contributed by atoms with Crippen LogP contribution in [0, 0.1) is 5.82 Å². The molecule has 0 spiro atoms. The van der Waals surface area contributed by atoms with Gasteiger partial charge in [0.1, 0.15) is 12.1 Å². The number of halogens is 3. The lowest BCUT2D eigenvalue weighted by Crippen LogP contribution is -2.44. The van der Waals surface area contributed by atoms with Crippen molar-refractivity contribution in [3.8, 4) is 11.1 Å². The van der Waals surface area contributed by atoms with Gasteiger partial charge in [-0.2, -0.15) is 0 Å².